The molecule has 3 aromatic rings. The van der Waals surface area contributed by atoms with Crippen LogP contribution in [0.4, 0.5) is 0 Å². The molecule has 1 aliphatic heterocycles. The topological polar surface area (TPSA) is 109 Å². The van der Waals surface area contributed by atoms with Gasteiger partial charge in [-0.15, -0.1) is 0 Å². The third kappa shape index (κ3) is 5.93. The molecule has 9 nitrogen and oxygen atoms in total. The number of ether oxygens (including phenoxy) is 2. The van der Waals surface area contributed by atoms with Crippen LogP contribution in [0.3, 0.4) is 0 Å². The fourth-order valence-electron chi connectivity index (χ4n) is 4.58. The molecule has 10 heteroatoms. The lowest BCUT2D eigenvalue weighted by atomic mass is 9.99. The minimum atomic E-state index is -3.91. The molecule has 1 amide bonds. The molecule has 3 atom stereocenters. The summed E-state index contributed by atoms with van der Waals surface area (Å²) in [7, 11) is -0.990. The van der Waals surface area contributed by atoms with E-state index in [1.54, 1.807) is 42.3 Å². The number of hydrogen-bond acceptors (Lipinski definition) is 7. The van der Waals surface area contributed by atoms with E-state index in [4.69, 9.17) is 9.47 Å². The molecule has 0 saturated carbocycles. The van der Waals surface area contributed by atoms with Crippen LogP contribution in [-0.2, 0) is 10.0 Å². The van der Waals surface area contributed by atoms with Gasteiger partial charge in [0.25, 0.3) is 5.91 Å². The van der Waals surface area contributed by atoms with Gasteiger partial charge < -0.3 is 19.5 Å². The lowest BCUT2D eigenvalue weighted by Gasteiger charge is -2.37. The van der Waals surface area contributed by atoms with Crippen molar-refractivity contribution < 1.29 is 27.8 Å². The number of sulfonamides is 1. The number of amides is 1. The molecule has 0 unspecified atom stereocenters. The maximum absolute atomic E-state index is 13.7. The van der Waals surface area contributed by atoms with Crippen LogP contribution in [0.1, 0.15) is 29.8 Å². The molecule has 1 N–H and O–H groups in total. The molecule has 1 aliphatic rings. The van der Waals surface area contributed by atoms with E-state index in [0.29, 0.717) is 0 Å². The number of aliphatic hydroxyl groups excluding tert-OH is 1. The van der Waals surface area contributed by atoms with Gasteiger partial charge in [0.15, 0.2) is 0 Å². The highest BCUT2D eigenvalue weighted by molar-refractivity contribution is 7.89. The van der Waals surface area contributed by atoms with Gasteiger partial charge in [-0.2, -0.15) is 4.31 Å². The molecular formula is C29H35N3O6S. The van der Waals surface area contributed by atoms with Crippen LogP contribution >= 0.6 is 0 Å². The SMILES string of the molecule is COc1ccccc1S(=O)(=O)N(C)C[C@H]1Oc2ncc(-c3ccc(C)cc3)cc2C(=O)N([C@@H](C)CO)C[C@H]1C. The Morgan fingerprint density at radius 2 is 1.87 bits per heavy atom. The molecule has 39 heavy (non-hydrogen) atoms. The van der Waals surface area contributed by atoms with Crippen molar-refractivity contribution in [3.05, 3.63) is 71.9 Å². The predicted molar refractivity (Wildman–Crippen MR) is 148 cm³/mol. The van der Waals surface area contributed by atoms with Crippen molar-refractivity contribution in [1.82, 2.24) is 14.2 Å². The van der Waals surface area contributed by atoms with Crippen molar-refractivity contribution in [1.29, 1.82) is 0 Å². The second-order valence-electron chi connectivity index (χ2n) is 10.0. The van der Waals surface area contributed by atoms with E-state index in [-0.39, 0.29) is 53.6 Å². The number of rotatable bonds is 8. The number of aliphatic hydroxyl groups is 1. The number of para-hydroxylation sites is 1. The maximum atomic E-state index is 13.7. The van der Waals surface area contributed by atoms with Crippen molar-refractivity contribution >= 4 is 15.9 Å². The zero-order chi connectivity index (χ0) is 28.3. The number of hydrogen-bond donors (Lipinski definition) is 1. The number of fused-ring (bicyclic) bond motifs is 1. The molecule has 1 aromatic heterocycles. The van der Waals surface area contributed by atoms with E-state index in [2.05, 4.69) is 4.98 Å². The number of aromatic nitrogens is 1. The number of pyridine rings is 1. The summed E-state index contributed by atoms with van der Waals surface area (Å²) in [5.74, 6) is -0.191. The summed E-state index contributed by atoms with van der Waals surface area (Å²) in [6, 6.07) is 15.6. The van der Waals surface area contributed by atoms with E-state index >= 15 is 0 Å². The first-order valence-electron chi connectivity index (χ1n) is 12.8. The highest BCUT2D eigenvalue weighted by atomic mass is 32.2. The van der Waals surface area contributed by atoms with Crippen LogP contribution in [0.2, 0.25) is 0 Å². The van der Waals surface area contributed by atoms with Crippen LogP contribution in [0, 0.1) is 12.8 Å². The zero-order valence-electron chi connectivity index (χ0n) is 22.9. The van der Waals surface area contributed by atoms with Crippen molar-refractivity contribution in [2.45, 2.75) is 37.8 Å². The Labute approximate surface area is 230 Å². The highest BCUT2D eigenvalue weighted by Gasteiger charge is 2.36. The fourth-order valence-corrected chi connectivity index (χ4v) is 5.91. The van der Waals surface area contributed by atoms with Crippen LogP contribution < -0.4 is 9.47 Å². The first-order valence-corrected chi connectivity index (χ1v) is 14.3. The van der Waals surface area contributed by atoms with E-state index in [0.717, 1.165) is 16.7 Å². The Hall–Kier alpha value is -3.47. The summed E-state index contributed by atoms with van der Waals surface area (Å²) < 4.78 is 39.7. The molecule has 208 valence electrons. The number of aryl methyl sites for hydroxylation is 1. The Balaban J connectivity index is 1.71. The summed E-state index contributed by atoms with van der Waals surface area (Å²) in [4.78, 5) is 19.9. The average Bonchev–Trinajstić information content (AvgIpc) is 2.94. The van der Waals surface area contributed by atoms with E-state index in [1.165, 1.54) is 24.5 Å². The number of likely N-dealkylation sites (N-methyl/N-ethyl adjacent to an activating group) is 1. The first-order chi connectivity index (χ1) is 18.6. The molecule has 0 spiro atoms. The second kappa shape index (κ2) is 11.7. The maximum Gasteiger partial charge on any atom is 0.259 e. The van der Waals surface area contributed by atoms with Gasteiger partial charge in [0.2, 0.25) is 15.9 Å². The van der Waals surface area contributed by atoms with Gasteiger partial charge in [-0.1, -0.05) is 48.9 Å². The van der Waals surface area contributed by atoms with Crippen LogP contribution in [0.15, 0.2) is 65.7 Å². The Morgan fingerprint density at radius 1 is 1.18 bits per heavy atom. The summed E-state index contributed by atoms with van der Waals surface area (Å²) in [5, 5.41) is 9.91. The average molecular weight is 554 g/mol. The molecule has 0 aliphatic carbocycles. The van der Waals surface area contributed by atoms with Gasteiger partial charge in [0.05, 0.1) is 26.3 Å². The van der Waals surface area contributed by atoms with Crippen LogP contribution in [0.25, 0.3) is 11.1 Å². The lowest BCUT2D eigenvalue weighted by Crippen LogP contribution is -2.50. The van der Waals surface area contributed by atoms with Crippen molar-refractivity contribution in [3.63, 3.8) is 0 Å². The lowest BCUT2D eigenvalue weighted by molar-refractivity contribution is 0.0373. The smallest absolute Gasteiger partial charge is 0.259 e. The molecule has 0 saturated heterocycles. The second-order valence-corrected chi connectivity index (χ2v) is 12.0. The summed E-state index contributed by atoms with van der Waals surface area (Å²) in [6.45, 7) is 5.73. The molecule has 0 radical (unpaired) electrons. The monoisotopic (exact) mass is 553 g/mol. The van der Waals surface area contributed by atoms with Gasteiger partial charge in [-0.05, 0) is 37.6 Å². The number of carbonyl (C=O) groups excluding carboxylic acids is 1. The first kappa shape index (κ1) is 28.5. The molecule has 4 rings (SSSR count). The molecule has 2 aromatic carbocycles. The molecule has 2 heterocycles. The quantitative estimate of drug-likeness (QED) is 0.454. The van der Waals surface area contributed by atoms with E-state index < -0.39 is 22.2 Å². The third-order valence-corrected chi connectivity index (χ3v) is 8.96. The number of nitrogens with zero attached hydrogens (tertiary/aromatic N) is 3. The van der Waals surface area contributed by atoms with Crippen molar-refractivity contribution in [2.75, 3.05) is 33.9 Å². The van der Waals surface area contributed by atoms with Crippen LogP contribution in [0.5, 0.6) is 11.6 Å². The number of methoxy groups -OCH3 is 1. The molecular weight excluding hydrogens is 518 g/mol. The summed E-state index contributed by atoms with van der Waals surface area (Å²) in [6.07, 6.45) is 1.02. The van der Waals surface area contributed by atoms with Crippen molar-refractivity contribution in [3.8, 4) is 22.8 Å². The zero-order valence-corrected chi connectivity index (χ0v) is 23.7. The predicted octanol–water partition coefficient (Wildman–Crippen LogP) is 3.61. The standard InChI is InChI=1S/C29H35N3O6S/c1-19-10-12-22(13-11-19)23-14-24-28(30-15-23)38-26(20(2)16-32(29(24)34)21(3)18-33)17-31(4)39(35,36)27-9-7-6-8-25(27)37-5/h6-15,20-21,26,33H,16-18H2,1-5H3/t20-,21+,26-/m1/s1. The highest BCUT2D eigenvalue weighted by Crippen LogP contribution is 2.32. The largest absolute Gasteiger partial charge is 0.495 e. The van der Waals surface area contributed by atoms with E-state index in [1.807, 2.05) is 38.1 Å². The minimum Gasteiger partial charge on any atom is -0.495 e. The summed E-state index contributed by atoms with van der Waals surface area (Å²) in [5.41, 5.74) is 3.04. The molecule has 0 bridgehead atoms. The Bertz CT molecular complexity index is 1430. The van der Waals surface area contributed by atoms with Gasteiger partial charge in [-0.3, -0.25) is 4.79 Å². The number of benzene rings is 2. The Kier molecular flexibility index (Phi) is 8.58. The van der Waals surface area contributed by atoms with E-state index in [9.17, 15) is 18.3 Å². The van der Waals surface area contributed by atoms with Gasteiger partial charge in [0.1, 0.15) is 22.3 Å². The van der Waals surface area contributed by atoms with Crippen LogP contribution in [-0.4, -0.2) is 79.6 Å². The number of carbonyl (C=O) groups is 1. The van der Waals surface area contributed by atoms with Gasteiger partial charge in [-0.25, -0.2) is 13.4 Å². The third-order valence-electron chi connectivity index (χ3n) is 7.10. The van der Waals surface area contributed by atoms with Crippen molar-refractivity contribution in [2.24, 2.45) is 5.92 Å². The summed E-state index contributed by atoms with van der Waals surface area (Å²) >= 11 is 0. The Morgan fingerprint density at radius 3 is 2.54 bits per heavy atom. The molecule has 0 fully saturated rings. The van der Waals surface area contributed by atoms with Gasteiger partial charge >= 0.3 is 0 Å². The normalized spacial score (nSPS) is 18.6. The van der Waals surface area contributed by atoms with Gasteiger partial charge in [0, 0.05) is 31.3 Å². The fraction of sp³-hybridized carbons (Fsp3) is 0.379. The minimum absolute atomic E-state index is 0.0118.